The topological polar surface area (TPSA) is 101 Å². The maximum Gasteiger partial charge on any atom is 0.260 e. The van der Waals surface area contributed by atoms with Crippen molar-refractivity contribution in [3.8, 4) is 0 Å². The van der Waals surface area contributed by atoms with Gasteiger partial charge in [-0.1, -0.05) is 35.9 Å². The van der Waals surface area contributed by atoms with Gasteiger partial charge in [-0.25, -0.2) is 4.98 Å². The maximum absolute atomic E-state index is 12.7. The lowest BCUT2D eigenvalue weighted by Crippen LogP contribution is -2.17. The van der Waals surface area contributed by atoms with Crippen LogP contribution < -0.4 is 5.32 Å². The van der Waals surface area contributed by atoms with Crippen molar-refractivity contribution in [1.82, 2.24) is 14.8 Å². The average Bonchev–Trinajstić information content (AvgIpc) is 3.04. The van der Waals surface area contributed by atoms with Crippen molar-refractivity contribution in [1.29, 1.82) is 5.41 Å². The molecule has 0 aliphatic heterocycles. The van der Waals surface area contributed by atoms with Crippen LogP contribution in [0.4, 0.5) is 5.82 Å². The number of Topliss-reactive ketones (excluding diaryl/α,β-unsaturated/α-hetero) is 1. The molecule has 1 amide bonds. The Hall–Kier alpha value is -3.32. The van der Waals surface area contributed by atoms with Crippen molar-refractivity contribution in [2.45, 2.75) is 13.3 Å². The Labute approximate surface area is 166 Å². The molecule has 0 unspecified atom stereocenters. The normalized spacial score (nSPS) is 10.5. The van der Waals surface area contributed by atoms with Gasteiger partial charge < -0.3 is 10.7 Å². The number of rotatable bonds is 6. The molecule has 3 rings (SSSR count). The van der Waals surface area contributed by atoms with Gasteiger partial charge in [-0.3, -0.25) is 14.3 Å². The van der Waals surface area contributed by atoms with Gasteiger partial charge in [0.2, 0.25) is 0 Å². The Morgan fingerprint density at radius 2 is 1.79 bits per heavy atom. The van der Waals surface area contributed by atoms with E-state index in [-0.39, 0.29) is 12.2 Å². The molecule has 3 aromatic rings. The fourth-order valence-corrected chi connectivity index (χ4v) is 2.77. The molecular formula is C20H18ClN5O2. The van der Waals surface area contributed by atoms with Crippen LogP contribution in [0.15, 0.2) is 48.8 Å². The second-order valence-corrected chi connectivity index (χ2v) is 6.68. The molecule has 0 bridgehead atoms. The number of halogens is 1. The molecule has 0 saturated heterocycles. The van der Waals surface area contributed by atoms with Crippen LogP contribution >= 0.6 is 11.6 Å². The Bertz CT molecular complexity index is 1040. The standard InChI is InChI=1S/C20H18ClN5O2/c1-12(22)13-3-5-14(6-4-13)18(27)9-17-16(11-24-26(17)2)20(28)25-19-8-7-15(21)10-23-19/h3-8,10-11,22H,9H2,1-2H3,(H,23,25,28). The summed E-state index contributed by atoms with van der Waals surface area (Å²) in [6.07, 6.45) is 2.89. The highest BCUT2D eigenvalue weighted by molar-refractivity contribution is 6.30. The average molecular weight is 396 g/mol. The number of benzene rings is 1. The highest BCUT2D eigenvalue weighted by atomic mass is 35.5. The molecule has 0 radical (unpaired) electrons. The Morgan fingerprint density at radius 3 is 2.39 bits per heavy atom. The van der Waals surface area contributed by atoms with Crippen LogP contribution in [-0.4, -0.2) is 32.2 Å². The van der Waals surface area contributed by atoms with Crippen molar-refractivity contribution in [2.24, 2.45) is 7.05 Å². The minimum Gasteiger partial charge on any atom is -0.306 e. The molecule has 2 N–H and O–H groups in total. The van der Waals surface area contributed by atoms with E-state index in [9.17, 15) is 9.59 Å². The third kappa shape index (κ3) is 4.32. The summed E-state index contributed by atoms with van der Waals surface area (Å²) >= 11 is 5.80. The zero-order chi connectivity index (χ0) is 20.3. The van der Waals surface area contributed by atoms with Crippen molar-refractivity contribution >= 4 is 34.8 Å². The second kappa shape index (κ2) is 8.14. The molecule has 7 nitrogen and oxygen atoms in total. The SMILES string of the molecule is CC(=N)c1ccc(C(=O)Cc2c(C(=O)Nc3ccc(Cl)cn3)cnn2C)cc1. The van der Waals surface area contributed by atoms with Gasteiger partial charge in [0.1, 0.15) is 5.82 Å². The zero-order valence-corrected chi connectivity index (χ0v) is 16.1. The molecule has 2 aromatic heterocycles. The molecule has 2 heterocycles. The lowest BCUT2D eigenvalue weighted by atomic mass is 10.0. The molecule has 0 atom stereocenters. The minimum atomic E-state index is -0.402. The first-order valence-electron chi connectivity index (χ1n) is 8.47. The largest absolute Gasteiger partial charge is 0.306 e. The first-order valence-corrected chi connectivity index (χ1v) is 8.85. The molecule has 8 heteroatoms. The lowest BCUT2D eigenvalue weighted by molar-refractivity contribution is 0.0990. The summed E-state index contributed by atoms with van der Waals surface area (Å²) < 4.78 is 1.51. The van der Waals surface area contributed by atoms with Gasteiger partial charge in [0.25, 0.3) is 5.91 Å². The number of hydrogen-bond acceptors (Lipinski definition) is 5. The Balaban J connectivity index is 1.78. The summed E-state index contributed by atoms with van der Waals surface area (Å²) in [5, 5.41) is 14.9. The summed E-state index contributed by atoms with van der Waals surface area (Å²) in [5.41, 5.74) is 2.51. The molecule has 1 aromatic carbocycles. The predicted octanol–water partition coefficient (Wildman–Crippen LogP) is 3.53. The van der Waals surface area contributed by atoms with E-state index >= 15 is 0 Å². The molecule has 142 valence electrons. The third-order valence-corrected chi connectivity index (χ3v) is 4.47. The van der Waals surface area contributed by atoms with Crippen LogP contribution in [0.3, 0.4) is 0 Å². The number of nitrogens with one attached hydrogen (secondary N) is 2. The van der Waals surface area contributed by atoms with Crippen molar-refractivity contribution < 1.29 is 9.59 Å². The molecule has 0 fully saturated rings. The molecule has 0 spiro atoms. The number of carbonyl (C=O) groups excluding carboxylic acids is 2. The first kappa shape index (κ1) is 19.4. The van der Waals surface area contributed by atoms with E-state index in [1.54, 1.807) is 50.4 Å². The van der Waals surface area contributed by atoms with E-state index in [1.807, 2.05) is 0 Å². The molecule has 0 saturated carbocycles. The van der Waals surface area contributed by atoms with Crippen LogP contribution in [0.2, 0.25) is 5.02 Å². The molecular weight excluding hydrogens is 378 g/mol. The number of anilines is 1. The highest BCUT2D eigenvalue weighted by Gasteiger charge is 2.20. The lowest BCUT2D eigenvalue weighted by Gasteiger charge is -2.08. The third-order valence-electron chi connectivity index (χ3n) is 4.24. The Kier molecular flexibility index (Phi) is 5.65. The molecule has 28 heavy (non-hydrogen) atoms. The molecule has 0 aliphatic rings. The number of ketones is 1. The van der Waals surface area contributed by atoms with E-state index in [1.165, 1.54) is 17.1 Å². The van der Waals surface area contributed by atoms with Gasteiger partial charge >= 0.3 is 0 Å². The van der Waals surface area contributed by atoms with E-state index in [2.05, 4.69) is 15.4 Å². The number of aromatic nitrogens is 3. The summed E-state index contributed by atoms with van der Waals surface area (Å²) in [6, 6.07) is 10.1. The first-order chi connectivity index (χ1) is 13.3. The fourth-order valence-electron chi connectivity index (χ4n) is 2.66. The van der Waals surface area contributed by atoms with Gasteiger partial charge in [0.15, 0.2) is 5.78 Å². The van der Waals surface area contributed by atoms with Gasteiger partial charge in [0.05, 0.1) is 28.9 Å². The molecule has 0 aliphatic carbocycles. The number of aryl methyl sites for hydroxylation is 1. The van der Waals surface area contributed by atoms with Crippen molar-refractivity contribution in [3.63, 3.8) is 0 Å². The van der Waals surface area contributed by atoms with Crippen LogP contribution in [0, 0.1) is 5.41 Å². The number of carbonyl (C=O) groups is 2. The summed E-state index contributed by atoms with van der Waals surface area (Å²) in [4.78, 5) is 29.3. The Morgan fingerprint density at radius 1 is 1.11 bits per heavy atom. The zero-order valence-electron chi connectivity index (χ0n) is 15.4. The second-order valence-electron chi connectivity index (χ2n) is 6.25. The number of amides is 1. The minimum absolute atomic E-state index is 0.0240. The van der Waals surface area contributed by atoms with Crippen LogP contribution in [-0.2, 0) is 13.5 Å². The predicted molar refractivity (Wildman–Crippen MR) is 107 cm³/mol. The highest BCUT2D eigenvalue weighted by Crippen LogP contribution is 2.16. The maximum atomic E-state index is 12.7. The quantitative estimate of drug-likeness (QED) is 0.492. The summed E-state index contributed by atoms with van der Waals surface area (Å²) in [5.74, 6) is -0.190. The number of hydrogen-bond donors (Lipinski definition) is 2. The van der Waals surface area contributed by atoms with E-state index < -0.39 is 5.91 Å². The number of pyridine rings is 1. The monoisotopic (exact) mass is 395 g/mol. The van der Waals surface area contributed by atoms with Crippen molar-refractivity contribution in [3.05, 3.63) is 76.2 Å². The van der Waals surface area contributed by atoms with Gasteiger partial charge in [-0.2, -0.15) is 5.10 Å². The summed E-state index contributed by atoms with van der Waals surface area (Å²) in [6.45, 7) is 1.69. The van der Waals surface area contributed by atoms with Gasteiger partial charge in [-0.05, 0) is 24.6 Å². The van der Waals surface area contributed by atoms with E-state index in [0.717, 1.165) is 5.56 Å². The van der Waals surface area contributed by atoms with E-state index in [4.69, 9.17) is 17.0 Å². The van der Waals surface area contributed by atoms with Crippen LogP contribution in [0.1, 0.15) is 38.9 Å². The van der Waals surface area contributed by atoms with Crippen LogP contribution in [0.25, 0.3) is 0 Å². The smallest absolute Gasteiger partial charge is 0.260 e. The van der Waals surface area contributed by atoms with Crippen molar-refractivity contribution in [2.75, 3.05) is 5.32 Å². The fraction of sp³-hybridized carbons (Fsp3) is 0.150. The van der Waals surface area contributed by atoms with Gasteiger partial charge in [-0.15, -0.1) is 0 Å². The summed E-state index contributed by atoms with van der Waals surface area (Å²) in [7, 11) is 1.68. The van der Waals surface area contributed by atoms with Crippen LogP contribution in [0.5, 0.6) is 0 Å². The number of nitrogens with zero attached hydrogens (tertiary/aromatic N) is 3. The van der Waals surface area contributed by atoms with Gasteiger partial charge in [0, 0.05) is 24.5 Å². The van der Waals surface area contributed by atoms with E-state index in [0.29, 0.717) is 33.4 Å².